The van der Waals surface area contributed by atoms with Gasteiger partial charge in [-0.1, -0.05) is 6.92 Å². The molecule has 94 valence electrons. The number of esters is 1. The zero-order valence-electron chi connectivity index (χ0n) is 10.2. The molecule has 0 saturated heterocycles. The van der Waals surface area contributed by atoms with Gasteiger partial charge in [0.15, 0.2) is 0 Å². The summed E-state index contributed by atoms with van der Waals surface area (Å²) in [4.78, 5) is 11.6. The number of carbonyl (C=O) groups excluding carboxylic acids is 1. The normalized spacial score (nSPS) is 12.1. The van der Waals surface area contributed by atoms with Gasteiger partial charge in [0.2, 0.25) is 0 Å². The van der Waals surface area contributed by atoms with Crippen LogP contribution in [0.2, 0.25) is 0 Å². The molecule has 17 heavy (non-hydrogen) atoms. The van der Waals surface area contributed by atoms with Gasteiger partial charge in [0.05, 0.1) is 12.2 Å². The molecule has 0 aliphatic rings. The second kappa shape index (κ2) is 6.91. The summed E-state index contributed by atoms with van der Waals surface area (Å²) in [6.07, 6.45) is 0.668. The molecule has 0 unspecified atom stereocenters. The number of rotatable bonds is 6. The van der Waals surface area contributed by atoms with Crippen molar-refractivity contribution in [3.63, 3.8) is 0 Å². The van der Waals surface area contributed by atoms with Crippen molar-refractivity contribution < 1.29 is 19.4 Å². The molecular weight excluding hydrogens is 220 g/mol. The van der Waals surface area contributed by atoms with Crippen LogP contribution in [0.4, 0.5) is 0 Å². The Balaban J connectivity index is 2.40. The molecular formula is C13H18O4. The highest BCUT2D eigenvalue weighted by atomic mass is 16.6. The first-order valence-electron chi connectivity index (χ1n) is 5.71. The Morgan fingerprint density at radius 1 is 1.35 bits per heavy atom. The Morgan fingerprint density at radius 2 is 2.00 bits per heavy atom. The van der Waals surface area contributed by atoms with Crippen LogP contribution in [0.25, 0.3) is 0 Å². The van der Waals surface area contributed by atoms with E-state index in [0.29, 0.717) is 18.8 Å². The Hall–Kier alpha value is -1.55. The zero-order chi connectivity index (χ0) is 12.7. The minimum absolute atomic E-state index is 0.126. The number of aromatic hydroxyl groups is 1. The highest BCUT2D eigenvalue weighted by Gasteiger charge is 2.11. The van der Waals surface area contributed by atoms with Crippen molar-refractivity contribution in [2.75, 3.05) is 13.2 Å². The third kappa shape index (κ3) is 4.87. The lowest BCUT2D eigenvalue weighted by atomic mass is 10.2. The number of phenolic OH excluding ortho intramolecular Hbond substituents is 1. The Labute approximate surface area is 101 Å². The zero-order valence-corrected chi connectivity index (χ0v) is 10.2. The minimum Gasteiger partial charge on any atom is -0.508 e. The SMILES string of the molecule is CCCOC[C@@H](C)OC(=O)c1ccc(O)cc1. The van der Waals surface area contributed by atoms with E-state index in [-0.39, 0.29) is 11.9 Å². The van der Waals surface area contributed by atoms with Gasteiger partial charge in [-0.15, -0.1) is 0 Å². The molecule has 0 spiro atoms. The van der Waals surface area contributed by atoms with Crippen molar-refractivity contribution in [3.05, 3.63) is 29.8 Å². The molecule has 1 rings (SSSR count). The first kappa shape index (κ1) is 13.5. The van der Waals surface area contributed by atoms with Crippen LogP contribution in [0, 0.1) is 0 Å². The van der Waals surface area contributed by atoms with E-state index in [9.17, 15) is 4.79 Å². The van der Waals surface area contributed by atoms with E-state index >= 15 is 0 Å². The second-order valence-corrected chi connectivity index (χ2v) is 3.84. The Bertz CT molecular complexity index is 345. The molecule has 4 heteroatoms. The monoisotopic (exact) mass is 238 g/mol. The third-order valence-corrected chi connectivity index (χ3v) is 2.11. The predicted octanol–water partition coefficient (Wildman–Crippen LogP) is 2.36. The Morgan fingerprint density at radius 3 is 2.59 bits per heavy atom. The maximum absolute atomic E-state index is 11.6. The molecule has 1 aromatic carbocycles. The lowest BCUT2D eigenvalue weighted by Crippen LogP contribution is -2.20. The molecule has 0 fully saturated rings. The molecule has 1 N–H and O–H groups in total. The van der Waals surface area contributed by atoms with Gasteiger partial charge in [0.25, 0.3) is 0 Å². The number of hydrogen-bond acceptors (Lipinski definition) is 4. The maximum Gasteiger partial charge on any atom is 0.338 e. The number of carbonyl (C=O) groups is 1. The summed E-state index contributed by atoms with van der Waals surface area (Å²) >= 11 is 0. The maximum atomic E-state index is 11.6. The average Bonchev–Trinajstić information content (AvgIpc) is 2.30. The van der Waals surface area contributed by atoms with Gasteiger partial charge in [-0.3, -0.25) is 0 Å². The summed E-state index contributed by atoms with van der Waals surface area (Å²) in [7, 11) is 0. The molecule has 0 radical (unpaired) electrons. The number of hydrogen-bond donors (Lipinski definition) is 1. The van der Waals surface area contributed by atoms with Gasteiger partial charge >= 0.3 is 5.97 Å². The summed E-state index contributed by atoms with van der Waals surface area (Å²) < 4.78 is 10.5. The molecule has 0 aliphatic carbocycles. The van der Waals surface area contributed by atoms with Crippen LogP contribution in [0.5, 0.6) is 5.75 Å². The van der Waals surface area contributed by atoms with Crippen LogP contribution in [0.1, 0.15) is 30.6 Å². The second-order valence-electron chi connectivity index (χ2n) is 3.84. The van der Waals surface area contributed by atoms with E-state index in [2.05, 4.69) is 0 Å². The van der Waals surface area contributed by atoms with Crippen molar-refractivity contribution in [1.82, 2.24) is 0 Å². The summed E-state index contributed by atoms with van der Waals surface area (Å²) in [5.41, 5.74) is 0.421. The van der Waals surface area contributed by atoms with E-state index in [1.807, 2.05) is 6.92 Å². The summed E-state index contributed by atoms with van der Waals surface area (Å²) in [5.74, 6) is -0.279. The molecule has 4 nitrogen and oxygen atoms in total. The summed E-state index contributed by atoms with van der Waals surface area (Å²) in [6, 6.07) is 5.96. The van der Waals surface area contributed by atoms with Gasteiger partial charge < -0.3 is 14.6 Å². The summed E-state index contributed by atoms with van der Waals surface area (Å²) in [6.45, 7) is 4.87. The highest BCUT2D eigenvalue weighted by Crippen LogP contribution is 2.11. The lowest BCUT2D eigenvalue weighted by Gasteiger charge is -2.13. The first-order valence-corrected chi connectivity index (χ1v) is 5.71. The van der Waals surface area contributed by atoms with Gasteiger partial charge in [-0.2, -0.15) is 0 Å². The van der Waals surface area contributed by atoms with E-state index in [1.54, 1.807) is 6.92 Å². The molecule has 0 saturated carbocycles. The van der Waals surface area contributed by atoms with Crippen LogP contribution >= 0.6 is 0 Å². The lowest BCUT2D eigenvalue weighted by molar-refractivity contribution is 0.00226. The molecule has 0 aliphatic heterocycles. The van der Waals surface area contributed by atoms with Crippen molar-refractivity contribution in [1.29, 1.82) is 0 Å². The highest BCUT2D eigenvalue weighted by molar-refractivity contribution is 5.89. The fraction of sp³-hybridized carbons (Fsp3) is 0.462. The topological polar surface area (TPSA) is 55.8 Å². The predicted molar refractivity (Wildman–Crippen MR) is 64.1 cm³/mol. The van der Waals surface area contributed by atoms with Gasteiger partial charge in [-0.25, -0.2) is 4.79 Å². The first-order chi connectivity index (χ1) is 8.13. The van der Waals surface area contributed by atoms with E-state index in [1.165, 1.54) is 24.3 Å². The quantitative estimate of drug-likeness (QED) is 0.610. The van der Waals surface area contributed by atoms with Crippen molar-refractivity contribution in [2.24, 2.45) is 0 Å². The van der Waals surface area contributed by atoms with Crippen LogP contribution in [-0.4, -0.2) is 30.4 Å². The van der Waals surface area contributed by atoms with Crippen molar-refractivity contribution in [2.45, 2.75) is 26.4 Å². The number of ether oxygens (including phenoxy) is 2. The van der Waals surface area contributed by atoms with E-state index in [4.69, 9.17) is 14.6 Å². The van der Waals surface area contributed by atoms with Gasteiger partial charge in [0, 0.05) is 6.61 Å². The number of phenols is 1. The van der Waals surface area contributed by atoms with Crippen LogP contribution in [-0.2, 0) is 9.47 Å². The fourth-order valence-corrected chi connectivity index (χ4v) is 1.28. The van der Waals surface area contributed by atoms with Crippen LogP contribution in [0.15, 0.2) is 24.3 Å². The van der Waals surface area contributed by atoms with Gasteiger partial charge in [0.1, 0.15) is 11.9 Å². The Kier molecular flexibility index (Phi) is 5.49. The van der Waals surface area contributed by atoms with Crippen LogP contribution < -0.4 is 0 Å². The van der Waals surface area contributed by atoms with Crippen molar-refractivity contribution >= 4 is 5.97 Å². The molecule has 1 aromatic rings. The molecule has 0 aromatic heterocycles. The van der Waals surface area contributed by atoms with Crippen LogP contribution in [0.3, 0.4) is 0 Å². The standard InChI is InChI=1S/C13H18O4/c1-3-8-16-9-10(2)17-13(15)11-4-6-12(14)7-5-11/h4-7,10,14H,3,8-9H2,1-2H3/t10-/m1/s1. The summed E-state index contributed by atoms with van der Waals surface area (Å²) in [5, 5.41) is 9.09. The third-order valence-electron chi connectivity index (χ3n) is 2.11. The van der Waals surface area contributed by atoms with E-state index in [0.717, 1.165) is 6.42 Å². The van der Waals surface area contributed by atoms with E-state index < -0.39 is 5.97 Å². The van der Waals surface area contributed by atoms with Gasteiger partial charge in [-0.05, 0) is 37.6 Å². The van der Waals surface area contributed by atoms with Crippen molar-refractivity contribution in [3.8, 4) is 5.75 Å². The molecule has 1 atom stereocenters. The molecule has 0 amide bonds. The number of benzene rings is 1. The molecule has 0 bridgehead atoms. The smallest absolute Gasteiger partial charge is 0.338 e. The average molecular weight is 238 g/mol. The minimum atomic E-state index is -0.405. The molecule has 0 heterocycles. The largest absolute Gasteiger partial charge is 0.508 e. The fourth-order valence-electron chi connectivity index (χ4n) is 1.28.